The zero-order chi connectivity index (χ0) is 44.8. The molecule has 0 spiro atoms. The molecule has 0 N–H and O–H groups in total. The zero-order valence-corrected chi connectivity index (χ0v) is 44.8. The second kappa shape index (κ2) is 29.2. The molecule has 8 nitrogen and oxygen atoms in total. The van der Waals surface area contributed by atoms with Gasteiger partial charge < -0.3 is 37.9 Å². The maximum atomic E-state index is 6.92. The molecular weight excluding hydrogens is 952 g/mol. The van der Waals surface area contributed by atoms with Crippen molar-refractivity contribution < 1.29 is 37.9 Å². The van der Waals surface area contributed by atoms with Crippen molar-refractivity contribution in [3.63, 3.8) is 0 Å². The molecule has 0 fully saturated rings. The summed E-state index contributed by atoms with van der Waals surface area (Å²) in [7, 11) is 0. The van der Waals surface area contributed by atoms with E-state index >= 15 is 0 Å². The fraction of sp³-hybridized carbons (Fsp3) is 0.840. The van der Waals surface area contributed by atoms with Crippen LogP contribution < -0.4 is 18.9 Å². The highest BCUT2D eigenvalue weighted by atomic mass is 79.9. The van der Waals surface area contributed by atoms with Crippen LogP contribution in [0.5, 0.6) is 23.0 Å². The van der Waals surface area contributed by atoms with Crippen molar-refractivity contribution in [3.05, 3.63) is 7.57 Å². The van der Waals surface area contributed by atoms with Crippen LogP contribution in [0.2, 0.25) is 0 Å². The topological polar surface area (TPSA) is 73.8 Å². The van der Waals surface area contributed by atoms with Crippen molar-refractivity contribution >= 4 is 54.5 Å². The largest absolute Gasteiger partial charge is 0.487 e. The van der Waals surface area contributed by atoms with Crippen molar-refractivity contribution in [1.29, 1.82) is 0 Å². The van der Waals surface area contributed by atoms with Crippen LogP contribution >= 0.6 is 54.5 Å². The van der Waals surface area contributed by atoms with Gasteiger partial charge in [0.05, 0.1) is 47.0 Å². The molecule has 2 aromatic rings. The van der Waals surface area contributed by atoms with Crippen LogP contribution in [0.25, 0.3) is 9.75 Å². The molecule has 4 atom stereocenters. The van der Waals surface area contributed by atoms with Crippen molar-refractivity contribution in [3.8, 4) is 32.8 Å². The first-order chi connectivity index (χ1) is 30.1. The first kappa shape index (κ1) is 54.0. The first-order valence-corrected chi connectivity index (χ1v) is 27.8. The molecule has 2 aliphatic heterocycles. The van der Waals surface area contributed by atoms with Gasteiger partial charge in [0.1, 0.15) is 34.0 Å². The van der Waals surface area contributed by atoms with E-state index in [4.69, 9.17) is 37.9 Å². The van der Waals surface area contributed by atoms with E-state index in [1.807, 2.05) is 0 Å². The summed E-state index contributed by atoms with van der Waals surface area (Å²) in [6, 6.07) is 0. The average molecular weight is 1040 g/mol. The zero-order valence-electron chi connectivity index (χ0n) is 39.9. The highest BCUT2D eigenvalue weighted by Gasteiger charge is 2.42. The maximum Gasteiger partial charge on any atom is 0.187 e. The summed E-state index contributed by atoms with van der Waals surface area (Å²) in [6.45, 7) is 24.9. The monoisotopic (exact) mass is 1030 g/mol. The van der Waals surface area contributed by atoms with Gasteiger partial charge in [0, 0.05) is 26.4 Å². The molecule has 4 rings (SSSR count). The van der Waals surface area contributed by atoms with Crippen molar-refractivity contribution in [2.45, 2.75) is 158 Å². The van der Waals surface area contributed by atoms with Crippen LogP contribution in [0.3, 0.4) is 0 Å². The summed E-state index contributed by atoms with van der Waals surface area (Å²) in [6.07, 6.45) is 18.9. The predicted octanol–water partition coefficient (Wildman–Crippen LogP) is 15.4. The number of hydrogen-bond donors (Lipinski definition) is 0. The number of hydrogen-bond acceptors (Lipinski definition) is 10. The van der Waals surface area contributed by atoms with Gasteiger partial charge in [-0.2, -0.15) is 0 Å². The lowest BCUT2D eigenvalue weighted by atomic mass is 9.91. The normalized spacial score (nSPS) is 20.7. The quantitative estimate of drug-likeness (QED) is 0.0700. The number of unbranched alkanes of at least 4 members (excludes halogenated alkanes) is 4. The Hall–Kier alpha value is -0.600. The molecule has 4 unspecified atom stereocenters. The van der Waals surface area contributed by atoms with E-state index in [1.54, 1.807) is 22.7 Å². The third-order valence-electron chi connectivity index (χ3n) is 13.1. The van der Waals surface area contributed by atoms with Gasteiger partial charge >= 0.3 is 0 Å². The van der Waals surface area contributed by atoms with Gasteiger partial charge in [0.25, 0.3) is 0 Å². The first-order valence-electron chi connectivity index (χ1n) is 24.6. The van der Waals surface area contributed by atoms with Crippen LogP contribution in [0.4, 0.5) is 0 Å². The van der Waals surface area contributed by atoms with E-state index in [-0.39, 0.29) is 0 Å². The van der Waals surface area contributed by atoms with Gasteiger partial charge in [-0.1, -0.05) is 132 Å². The molecule has 0 amide bonds. The van der Waals surface area contributed by atoms with E-state index in [0.717, 1.165) is 92.4 Å². The molecule has 0 aromatic carbocycles. The summed E-state index contributed by atoms with van der Waals surface area (Å²) in [5.74, 6) is 5.09. The standard InChI is InChI=1S/C50H84Br2O8S2/c1-9-17-21-37(13-5)25-53-29-49(30-54-26-38(14-6)22-18-10-2)33-57-41-43(59-35-49)47(51)61-45(41)46-42-44(48(52)62-46)60-36-50(34-58-42,31-55-27-39(15-7)23-19-11-3)32-56-28-40(16-8)24-20-12-4/h37-40H,9-36H2,1-8H3. The lowest BCUT2D eigenvalue weighted by molar-refractivity contribution is -0.0717. The highest BCUT2D eigenvalue weighted by Crippen LogP contribution is 2.60. The Bertz CT molecular complexity index is 1360. The fourth-order valence-corrected chi connectivity index (χ4v) is 11.8. The Morgan fingerprint density at radius 2 is 0.694 bits per heavy atom. The summed E-state index contributed by atoms with van der Waals surface area (Å²) in [5, 5.41) is 0. The van der Waals surface area contributed by atoms with Crippen LogP contribution in [0.1, 0.15) is 158 Å². The van der Waals surface area contributed by atoms with E-state index in [1.165, 1.54) is 77.0 Å². The molecular formula is C50H84Br2O8S2. The molecule has 62 heavy (non-hydrogen) atoms. The minimum Gasteiger partial charge on any atom is -0.487 e. The van der Waals surface area contributed by atoms with E-state index in [9.17, 15) is 0 Å². The smallest absolute Gasteiger partial charge is 0.187 e. The highest BCUT2D eigenvalue weighted by molar-refractivity contribution is 9.11. The van der Waals surface area contributed by atoms with Crippen molar-refractivity contribution in [1.82, 2.24) is 0 Å². The number of ether oxygens (including phenoxy) is 8. The molecule has 12 heteroatoms. The fourth-order valence-electron chi connectivity index (χ4n) is 8.32. The number of fused-ring (bicyclic) bond motifs is 2. The van der Waals surface area contributed by atoms with E-state index in [0.29, 0.717) is 76.5 Å². The molecule has 0 radical (unpaired) electrons. The molecule has 2 aromatic heterocycles. The summed E-state index contributed by atoms with van der Waals surface area (Å²) < 4.78 is 55.5. The van der Waals surface area contributed by atoms with Crippen LogP contribution in [-0.2, 0) is 18.9 Å². The summed E-state index contributed by atoms with van der Waals surface area (Å²) in [4.78, 5) is 1.92. The Morgan fingerprint density at radius 1 is 0.435 bits per heavy atom. The van der Waals surface area contributed by atoms with Crippen LogP contribution in [0.15, 0.2) is 7.57 Å². The van der Waals surface area contributed by atoms with Gasteiger partial charge in [-0.3, -0.25) is 0 Å². The van der Waals surface area contributed by atoms with Gasteiger partial charge in [-0.25, -0.2) is 0 Å². The summed E-state index contributed by atoms with van der Waals surface area (Å²) in [5.41, 5.74) is -0.932. The Balaban J connectivity index is 1.57. The van der Waals surface area contributed by atoms with Gasteiger partial charge in [0.15, 0.2) is 23.0 Å². The van der Waals surface area contributed by atoms with Gasteiger partial charge in [-0.05, 0) is 81.2 Å². The second-order valence-corrected chi connectivity index (χ2v) is 23.3. The number of rotatable bonds is 33. The van der Waals surface area contributed by atoms with Gasteiger partial charge in [0.2, 0.25) is 0 Å². The molecule has 0 aliphatic carbocycles. The third-order valence-corrected chi connectivity index (χ3v) is 16.8. The molecule has 358 valence electrons. The maximum absolute atomic E-state index is 6.92. The minimum absolute atomic E-state index is 0.422. The Kier molecular flexibility index (Phi) is 25.5. The number of thiophene rings is 2. The summed E-state index contributed by atoms with van der Waals surface area (Å²) >= 11 is 11.0. The van der Waals surface area contributed by atoms with Gasteiger partial charge in [-0.15, -0.1) is 22.7 Å². The molecule has 0 bridgehead atoms. The Labute approximate surface area is 402 Å². The van der Waals surface area contributed by atoms with Crippen LogP contribution in [0, 0.1) is 34.5 Å². The lowest BCUT2D eigenvalue weighted by Gasteiger charge is -2.32. The van der Waals surface area contributed by atoms with Crippen LogP contribution in [-0.4, -0.2) is 79.3 Å². The molecule has 0 saturated heterocycles. The van der Waals surface area contributed by atoms with Crippen molar-refractivity contribution in [2.75, 3.05) is 79.3 Å². The lowest BCUT2D eigenvalue weighted by Crippen LogP contribution is -2.43. The van der Waals surface area contributed by atoms with E-state index < -0.39 is 10.8 Å². The molecule has 0 saturated carbocycles. The third kappa shape index (κ3) is 16.3. The average Bonchev–Trinajstić information content (AvgIpc) is 3.59. The minimum atomic E-state index is -0.466. The molecule has 2 aliphatic rings. The Morgan fingerprint density at radius 3 is 0.935 bits per heavy atom. The van der Waals surface area contributed by atoms with E-state index in [2.05, 4.69) is 87.2 Å². The van der Waals surface area contributed by atoms with Crippen molar-refractivity contribution in [2.24, 2.45) is 34.5 Å². The number of halogens is 2. The SMILES string of the molecule is CCCCC(CC)COCC1(COCC(CC)CCCC)COc2c(Br)sc(-c3sc(Br)c4c3OCC(COCC(CC)CCCC)(COCC(CC)CCCC)CO4)c2OC1. The second-order valence-electron chi connectivity index (χ2n) is 18.6. The molecule has 4 heterocycles. The predicted molar refractivity (Wildman–Crippen MR) is 266 cm³/mol.